The second-order valence-electron chi connectivity index (χ2n) is 7.22. The Morgan fingerprint density at radius 3 is 2.50 bits per heavy atom. The summed E-state index contributed by atoms with van der Waals surface area (Å²) in [6.45, 7) is 4.02. The van der Waals surface area contributed by atoms with Gasteiger partial charge in [-0.05, 0) is 35.9 Å². The van der Waals surface area contributed by atoms with E-state index in [0.29, 0.717) is 0 Å². The summed E-state index contributed by atoms with van der Waals surface area (Å²) in [6, 6.07) is 17.9. The van der Waals surface area contributed by atoms with Crippen molar-refractivity contribution in [2.45, 2.75) is 6.54 Å². The van der Waals surface area contributed by atoms with Gasteiger partial charge in [0.1, 0.15) is 10.8 Å². The molecule has 1 aromatic heterocycles. The van der Waals surface area contributed by atoms with E-state index in [-0.39, 0.29) is 5.91 Å². The second kappa shape index (κ2) is 9.69. The molecule has 1 fully saturated rings. The predicted octanol–water partition coefficient (Wildman–Crippen LogP) is 4.18. The average molecular weight is 420 g/mol. The predicted molar refractivity (Wildman–Crippen MR) is 121 cm³/mol. The van der Waals surface area contributed by atoms with E-state index in [1.54, 1.807) is 24.5 Å². The van der Waals surface area contributed by atoms with Crippen LogP contribution in [-0.4, -0.2) is 54.0 Å². The second-order valence-corrected chi connectivity index (χ2v) is 8.08. The fourth-order valence-corrected chi connectivity index (χ4v) is 4.26. The fraction of sp³-hybridized carbons (Fsp3) is 0.250. The van der Waals surface area contributed by atoms with Gasteiger partial charge in [0.2, 0.25) is 5.91 Å². The number of hydrogen-bond donors (Lipinski definition) is 0. The number of benzene rings is 2. The molecule has 1 aliphatic rings. The number of aromatic nitrogens is 1. The molecule has 0 atom stereocenters. The largest absolute Gasteiger partial charge is 0.497 e. The molecule has 0 N–H and O–H groups in total. The molecule has 0 radical (unpaired) electrons. The third-order valence-electron chi connectivity index (χ3n) is 5.18. The minimum absolute atomic E-state index is 0.0777. The number of thiazole rings is 1. The number of nitrogens with zero attached hydrogens (tertiary/aromatic N) is 3. The number of ether oxygens (including phenoxy) is 1. The van der Waals surface area contributed by atoms with Crippen LogP contribution in [0.1, 0.15) is 11.3 Å². The highest BCUT2D eigenvalue weighted by Crippen LogP contribution is 2.26. The van der Waals surface area contributed by atoms with E-state index in [0.717, 1.165) is 60.3 Å². The SMILES string of the molecule is COc1ccc(-c2nc(CN3CCN(C(=O)/C=C/c4ccccc4)CC3)cs2)cc1. The number of rotatable bonds is 6. The van der Waals surface area contributed by atoms with Crippen LogP contribution in [0.3, 0.4) is 0 Å². The van der Waals surface area contributed by atoms with Crippen LogP contribution in [0.15, 0.2) is 66.1 Å². The van der Waals surface area contributed by atoms with Crippen molar-refractivity contribution < 1.29 is 9.53 Å². The van der Waals surface area contributed by atoms with Crippen molar-refractivity contribution in [2.24, 2.45) is 0 Å². The van der Waals surface area contributed by atoms with Gasteiger partial charge in [0.05, 0.1) is 12.8 Å². The van der Waals surface area contributed by atoms with Gasteiger partial charge in [-0.2, -0.15) is 0 Å². The average Bonchev–Trinajstić information content (AvgIpc) is 3.27. The molecule has 1 amide bonds. The van der Waals surface area contributed by atoms with Gasteiger partial charge in [-0.15, -0.1) is 11.3 Å². The van der Waals surface area contributed by atoms with Crippen LogP contribution in [0, 0.1) is 0 Å². The summed E-state index contributed by atoms with van der Waals surface area (Å²) in [5.74, 6) is 0.926. The summed E-state index contributed by atoms with van der Waals surface area (Å²) in [6.07, 6.45) is 3.55. The molecular formula is C24H25N3O2S. The maximum absolute atomic E-state index is 12.4. The number of carbonyl (C=O) groups excluding carboxylic acids is 1. The minimum atomic E-state index is 0.0777. The van der Waals surface area contributed by atoms with Crippen LogP contribution >= 0.6 is 11.3 Å². The van der Waals surface area contributed by atoms with Crippen LogP contribution in [0.25, 0.3) is 16.6 Å². The molecule has 0 spiro atoms. The molecule has 3 aromatic rings. The maximum Gasteiger partial charge on any atom is 0.246 e. The minimum Gasteiger partial charge on any atom is -0.497 e. The summed E-state index contributed by atoms with van der Waals surface area (Å²) in [7, 11) is 1.67. The first kappa shape index (κ1) is 20.3. The molecule has 2 heterocycles. The topological polar surface area (TPSA) is 45.7 Å². The zero-order chi connectivity index (χ0) is 20.8. The van der Waals surface area contributed by atoms with Gasteiger partial charge in [0, 0.05) is 49.7 Å². The van der Waals surface area contributed by atoms with Gasteiger partial charge in [-0.25, -0.2) is 4.98 Å². The van der Waals surface area contributed by atoms with E-state index >= 15 is 0 Å². The number of hydrogen-bond acceptors (Lipinski definition) is 5. The molecule has 6 heteroatoms. The molecule has 1 aliphatic heterocycles. The lowest BCUT2D eigenvalue weighted by Gasteiger charge is -2.33. The molecule has 1 saturated heterocycles. The molecule has 0 saturated carbocycles. The molecule has 30 heavy (non-hydrogen) atoms. The Morgan fingerprint density at radius 1 is 1.07 bits per heavy atom. The number of piperazine rings is 1. The van der Waals surface area contributed by atoms with E-state index < -0.39 is 0 Å². The van der Waals surface area contributed by atoms with E-state index in [1.165, 1.54) is 0 Å². The quantitative estimate of drug-likeness (QED) is 0.563. The van der Waals surface area contributed by atoms with Gasteiger partial charge in [-0.1, -0.05) is 30.3 Å². The van der Waals surface area contributed by atoms with Crippen LogP contribution in [0.4, 0.5) is 0 Å². The standard InChI is InChI=1S/C24H25N3O2S/c1-29-22-10-8-20(9-11-22)24-25-21(18-30-24)17-26-13-15-27(16-14-26)23(28)12-7-19-5-3-2-4-6-19/h2-12,18H,13-17H2,1H3/b12-7+. The number of carbonyl (C=O) groups is 1. The summed E-state index contributed by atoms with van der Waals surface area (Å²) >= 11 is 1.66. The lowest BCUT2D eigenvalue weighted by molar-refractivity contribution is -0.127. The molecule has 5 nitrogen and oxygen atoms in total. The van der Waals surface area contributed by atoms with Crippen LogP contribution in [-0.2, 0) is 11.3 Å². The van der Waals surface area contributed by atoms with Crippen molar-refractivity contribution in [3.05, 3.63) is 77.3 Å². The first-order valence-electron chi connectivity index (χ1n) is 10.0. The molecule has 0 unspecified atom stereocenters. The Hall–Kier alpha value is -2.96. The van der Waals surface area contributed by atoms with Gasteiger partial charge < -0.3 is 9.64 Å². The van der Waals surface area contributed by atoms with E-state index in [9.17, 15) is 4.79 Å². The zero-order valence-corrected chi connectivity index (χ0v) is 17.8. The Bertz CT molecular complexity index is 991. The van der Waals surface area contributed by atoms with Crippen molar-refractivity contribution in [3.8, 4) is 16.3 Å². The van der Waals surface area contributed by atoms with Crippen molar-refractivity contribution in [1.29, 1.82) is 0 Å². The lowest BCUT2D eigenvalue weighted by atomic mass is 10.2. The molecular weight excluding hydrogens is 394 g/mol. The molecule has 0 aliphatic carbocycles. The zero-order valence-electron chi connectivity index (χ0n) is 17.0. The van der Waals surface area contributed by atoms with Crippen molar-refractivity contribution in [1.82, 2.24) is 14.8 Å². The summed E-state index contributed by atoms with van der Waals surface area (Å²) in [5.41, 5.74) is 3.22. The number of amides is 1. The normalized spacial score (nSPS) is 14.9. The summed E-state index contributed by atoms with van der Waals surface area (Å²) in [4.78, 5) is 21.5. The molecule has 0 bridgehead atoms. The van der Waals surface area contributed by atoms with Gasteiger partial charge in [-0.3, -0.25) is 9.69 Å². The first-order chi connectivity index (χ1) is 14.7. The Morgan fingerprint density at radius 2 is 1.80 bits per heavy atom. The Balaban J connectivity index is 1.28. The van der Waals surface area contributed by atoms with Crippen LogP contribution in [0.2, 0.25) is 0 Å². The maximum atomic E-state index is 12.4. The number of methoxy groups -OCH3 is 1. The van der Waals surface area contributed by atoms with Crippen LogP contribution < -0.4 is 4.74 Å². The highest BCUT2D eigenvalue weighted by atomic mass is 32.1. The van der Waals surface area contributed by atoms with Crippen molar-refractivity contribution in [2.75, 3.05) is 33.3 Å². The molecule has 4 rings (SSSR count). The molecule has 154 valence electrons. The van der Waals surface area contributed by atoms with E-state index in [1.807, 2.05) is 65.6 Å². The van der Waals surface area contributed by atoms with E-state index in [4.69, 9.17) is 9.72 Å². The van der Waals surface area contributed by atoms with Crippen molar-refractivity contribution >= 4 is 23.3 Å². The highest BCUT2D eigenvalue weighted by molar-refractivity contribution is 7.13. The fourth-order valence-electron chi connectivity index (χ4n) is 3.44. The smallest absolute Gasteiger partial charge is 0.246 e. The van der Waals surface area contributed by atoms with Crippen LogP contribution in [0.5, 0.6) is 5.75 Å². The van der Waals surface area contributed by atoms with Gasteiger partial charge in [0.15, 0.2) is 0 Å². The highest BCUT2D eigenvalue weighted by Gasteiger charge is 2.20. The van der Waals surface area contributed by atoms with Crippen molar-refractivity contribution in [3.63, 3.8) is 0 Å². The lowest BCUT2D eigenvalue weighted by Crippen LogP contribution is -2.47. The first-order valence-corrected chi connectivity index (χ1v) is 10.9. The Kier molecular flexibility index (Phi) is 6.57. The third-order valence-corrected chi connectivity index (χ3v) is 6.12. The monoisotopic (exact) mass is 419 g/mol. The summed E-state index contributed by atoms with van der Waals surface area (Å²) in [5, 5.41) is 3.15. The summed E-state index contributed by atoms with van der Waals surface area (Å²) < 4.78 is 5.22. The molecule has 2 aromatic carbocycles. The third kappa shape index (κ3) is 5.14. The van der Waals surface area contributed by atoms with Gasteiger partial charge >= 0.3 is 0 Å². The van der Waals surface area contributed by atoms with Gasteiger partial charge in [0.25, 0.3) is 0 Å². The Labute approximate surface area is 181 Å². The van der Waals surface area contributed by atoms with E-state index in [2.05, 4.69) is 10.3 Å².